The molecule has 7 heteroatoms. The molecule has 2 amide bonds. The lowest BCUT2D eigenvalue weighted by Gasteiger charge is -2.27. The van der Waals surface area contributed by atoms with Gasteiger partial charge in [-0.3, -0.25) is 9.59 Å². The fourth-order valence-corrected chi connectivity index (χ4v) is 4.74. The number of amides is 2. The molecule has 2 aliphatic rings. The lowest BCUT2D eigenvalue weighted by atomic mass is 10.1. The third-order valence-electron chi connectivity index (χ3n) is 4.78. The summed E-state index contributed by atoms with van der Waals surface area (Å²) in [5, 5.41) is 3.31. The zero-order valence-electron chi connectivity index (χ0n) is 14.2. The van der Waals surface area contributed by atoms with Crippen molar-refractivity contribution in [2.75, 3.05) is 31.6 Å². The van der Waals surface area contributed by atoms with Crippen molar-refractivity contribution >= 4 is 28.2 Å². The average Bonchev–Trinajstić information content (AvgIpc) is 3.23. The van der Waals surface area contributed by atoms with Crippen molar-refractivity contribution in [2.45, 2.75) is 19.3 Å². The number of nitrogens with zero attached hydrogens (tertiary/aromatic N) is 1. The molecule has 0 unspecified atom stereocenters. The van der Waals surface area contributed by atoms with Crippen molar-refractivity contribution in [1.82, 2.24) is 4.90 Å². The Kier molecular flexibility index (Phi) is 4.74. The van der Waals surface area contributed by atoms with Crippen LogP contribution in [0.1, 0.15) is 37.6 Å². The SMILES string of the molecule is O=C(Nc1sc2c(c1C(=O)N1CCOCC1)CCC2)c1ccccc1F. The van der Waals surface area contributed by atoms with Gasteiger partial charge in [0.05, 0.1) is 24.3 Å². The molecule has 136 valence electrons. The van der Waals surface area contributed by atoms with Gasteiger partial charge in [-0.2, -0.15) is 0 Å². The van der Waals surface area contributed by atoms with Gasteiger partial charge in [0.2, 0.25) is 0 Å². The van der Waals surface area contributed by atoms with Gasteiger partial charge in [-0.25, -0.2) is 4.39 Å². The van der Waals surface area contributed by atoms with Crippen LogP contribution in [0.4, 0.5) is 9.39 Å². The molecule has 26 heavy (non-hydrogen) atoms. The Morgan fingerprint density at radius 1 is 1.15 bits per heavy atom. The number of hydrogen-bond donors (Lipinski definition) is 1. The summed E-state index contributed by atoms with van der Waals surface area (Å²) in [5.41, 5.74) is 1.59. The number of benzene rings is 1. The largest absolute Gasteiger partial charge is 0.378 e. The van der Waals surface area contributed by atoms with Gasteiger partial charge in [0.25, 0.3) is 11.8 Å². The van der Waals surface area contributed by atoms with E-state index in [0.29, 0.717) is 36.9 Å². The third kappa shape index (κ3) is 3.12. The third-order valence-corrected chi connectivity index (χ3v) is 5.99. The van der Waals surface area contributed by atoms with Gasteiger partial charge in [-0.1, -0.05) is 12.1 Å². The van der Waals surface area contributed by atoms with E-state index in [1.165, 1.54) is 23.5 Å². The number of morpholine rings is 1. The molecular formula is C19H19FN2O3S. The van der Waals surface area contributed by atoms with Crippen LogP contribution in [0.5, 0.6) is 0 Å². The van der Waals surface area contributed by atoms with Crippen LogP contribution in [0, 0.1) is 5.82 Å². The molecule has 0 bridgehead atoms. The summed E-state index contributed by atoms with van der Waals surface area (Å²) in [6.07, 6.45) is 2.78. The number of carbonyl (C=O) groups is 2. The van der Waals surface area contributed by atoms with E-state index >= 15 is 0 Å². The first-order valence-electron chi connectivity index (χ1n) is 8.72. The van der Waals surface area contributed by atoms with Gasteiger partial charge >= 0.3 is 0 Å². The smallest absolute Gasteiger partial charge is 0.259 e. The number of fused-ring (bicyclic) bond motifs is 1. The Balaban J connectivity index is 1.65. The maximum atomic E-state index is 13.9. The first-order chi connectivity index (χ1) is 12.6. The topological polar surface area (TPSA) is 58.6 Å². The molecule has 0 atom stereocenters. The van der Waals surface area contributed by atoms with E-state index in [1.807, 2.05) is 0 Å². The van der Waals surface area contributed by atoms with Gasteiger partial charge in [0.15, 0.2) is 0 Å². The summed E-state index contributed by atoms with van der Waals surface area (Å²) >= 11 is 1.44. The number of nitrogens with one attached hydrogen (secondary N) is 1. The fraction of sp³-hybridized carbons (Fsp3) is 0.368. The highest BCUT2D eigenvalue weighted by Gasteiger charge is 2.31. The van der Waals surface area contributed by atoms with E-state index < -0.39 is 11.7 Å². The van der Waals surface area contributed by atoms with Crippen molar-refractivity contribution in [3.05, 3.63) is 51.7 Å². The van der Waals surface area contributed by atoms with Crippen LogP contribution in [-0.4, -0.2) is 43.0 Å². The highest BCUT2D eigenvalue weighted by Crippen LogP contribution is 2.40. The summed E-state index contributed by atoms with van der Waals surface area (Å²) in [7, 11) is 0. The molecule has 1 aromatic heterocycles. The van der Waals surface area contributed by atoms with E-state index in [1.54, 1.807) is 17.0 Å². The summed E-state index contributed by atoms with van der Waals surface area (Å²) in [6, 6.07) is 5.85. The Labute approximate surface area is 154 Å². The molecular weight excluding hydrogens is 355 g/mol. The summed E-state index contributed by atoms with van der Waals surface area (Å²) < 4.78 is 19.2. The Hall–Kier alpha value is -2.25. The molecule has 1 N–H and O–H groups in total. The number of thiophene rings is 1. The number of aryl methyl sites for hydroxylation is 1. The van der Waals surface area contributed by atoms with Crippen LogP contribution >= 0.6 is 11.3 Å². The molecule has 1 aliphatic carbocycles. The number of ether oxygens (including phenoxy) is 1. The second-order valence-corrected chi connectivity index (χ2v) is 7.51. The fourth-order valence-electron chi connectivity index (χ4n) is 3.46. The molecule has 2 aromatic rings. The predicted octanol–water partition coefficient (Wildman–Crippen LogP) is 3.10. The van der Waals surface area contributed by atoms with Gasteiger partial charge in [-0.15, -0.1) is 11.3 Å². The van der Waals surface area contributed by atoms with Crippen molar-refractivity contribution in [2.24, 2.45) is 0 Å². The quantitative estimate of drug-likeness (QED) is 0.898. The van der Waals surface area contributed by atoms with Gasteiger partial charge in [-0.05, 0) is 37.0 Å². The van der Waals surface area contributed by atoms with Gasteiger partial charge in [0.1, 0.15) is 10.8 Å². The van der Waals surface area contributed by atoms with E-state index in [2.05, 4.69) is 5.32 Å². The van der Waals surface area contributed by atoms with Crippen LogP contribution in [0.3, 0.4) is 0 Å². The molecule has 0 radical (unpaired) electrons. The average molecular weight is 374 g/mol. The van der Waals surface area contributed by atoms with Crippen molar-refractivity contribution in [3.8, 4) is 0 Å². The second kappa shape index (κ2) is 7.17. The van der Waals surface area contributed by atoms with Gasteiger partial charge in [0, 0.05) is 18.0 Å². The maximum absolute atomic E-state index is 13.9. The zero-order valence-corrected chi connectivity index (χ0v) is 15.0. The van der Waals surface area contributed by atoms with Crippen LogP contribution < -0.4 is 5.32 Å². The lowest BCUT2D eigenvalue weighted by molar-refractivity contribution is 0.0303. The molecule has 1 saturated heterocycles. The Bertz CT molecular complexity index is 858. The summed E-state index contributed by atoms with van der Waals surface area (Å²) in [4.78, 5) is 28.5. The highest BCUT2D eigenvalue weighted by atomic mass is 32.1. The monoisotopic (exact) mass is 374 g/mol. The molecule has 1 aromatic carbocycles. The zero-order chi connectivity index (χ0) is 18.1. The lowest BCUT2D eigenvalue weighted by Crippen LogP contribution is -2.41. The predicted molar refractivity (Wildman–Crippen MR) is 97.4 cm³/mol. The van der Waals surface area contributed by atoms with Gasteiger partial charge < -0.3 is 15.0 Å². The van der Waals surface area contributed by atoms with E-state index in [9.17, 15) is 14.0 Å². The number of carbonyl (C=O) groups excluding carboxylic acids is 2. The molecule has 4 rings (SSSR count). The first-order valence-corrected chi connectivity index (χ1v) is 9.54. The number of rotatable bonds is 3. The number of halogens is 1. The molecule has 0 saturated carbocycles. The highest BCUT2D eigenvalue weighted by molar-refractivity contribution is 7.17. The normalized spacial score (nSPS) is 16.4. The Morgan fingerprint density at radius 3 is 2.69 bits per heavy atom. The van der Waals surface area contributed by atoms with Crippen molar-refractivity contribution < 1.29 is 18.7 Å². The minimum Gasteiger partial charge on any atom is -0.378 e. The van der Waals surface area contributed by atoms with Crippen molar-refractivity contribution in [3.63, 3.8) is 0 Å². The van der Waals surface area contributed by atoms with Crippen LogP contribution in [0.2, 0.25) is 0 Å². The molecule has 1 fully saturated rings. The molecule has 2 heterocycles. The molecule has 5 nitrogen and oxygen atoms in total. The minimum absolute atomic E-state index is 0.0224. The molecule has 0 spiro atoms. The second-order valence-electron chi connectivity index (χ2n) is 6.40. The maximum Gasteiger partial charge on any atom is 0.259 e. The number of anilines is 1. The van der Waals surface area contributed by atoms with Crippen LogP contribution in [-0.2, 0) is 17.6 Å². The summed E-state index contributed by atoms with van der Waals surface area (Å²) in [5.74, 6) is -1.18. The Morgan fingerprint density at radius 2 is 1.92 bits per heavy atom. The van der Waals surface area contributed by atoms with E-state index in [4.69, 9.17) is 4.74 Å². The standard InChI is InChI=1S/C19H19FN2O3S/c20-14-6-2-1-4-12(14)17(23)21-18-16(13-5-3-7-15(13)26-18)19(24)22-8-10-25-11-9-22/h1-2,4,6H,3,5,7-11H2,(H,21,23). The number of hydrogen-bond acceptors (Lipinski definition) is 4. The minimum atomic E-state index is -0.574. The van der Waals surface area contributed by atoms with Crippen LogP contribution in [0.25, 0.3) is 0 Å². The van der Waals surface area contributed by atoms with Crippen molar-refractivity contribution in [1.29, 1.82) is 0 Å². The van der Waals surface area contributed by atoms with E-state index in [-0.39, 0.29) is 11.5 Å². The molecule has 1 aliphatic heterocycles. The first kappa shape index (κ1) is 17.2. The van der Waals surface area contributed by atoms with E-state index in [0.717, 1.165) is 29.7 Å². The summed E-state index contributed by atoms with van der Waals surface area (Å²) in [6.45, 7) is 2.14. The van der Waals surface area contributed by atoms with Crippen LogP contribution in [0.15, 0.2) is 24.3 Å².